The normalized spacial score (nSPS) is 12.7. The predicted molar refractivity (Wildman–Crippen MR) is 75.0 cm³/mol. The molecule has 1 aromatic carbocycles. The molecule has 0 aliphatic carbocycles. The molecule has 3 heteroatoms. The Kier molecular flexibility index (Phi) is 6.76. The number of nitrogens with one attached hydrogen (secondary N) is 1. The lowest BCUT2D eigenvalue weighted by Gasteiger charge is -2.22. The van der Waals surface area contributed by atoms with Crippen LogP contribution in [0.1, 0.15) is 26.3 Å². The summed E-state index contributed by atoms with van der Waals surface area (Å²) in [5.74, 6) is 1.48. The number of hydrogen-bond acceptors (Lipinski definition) is 3. The van der Waals surface area contributed by atoms with Crippen molar-refractivity contribution in [3.63, 3.8) is 0 Å². The molecule has 1 atom stereocenters. The lowest BCUT2D eigenvalue weighted by atomic mass is 10.0. The molecule has 0 heterocycles. The van der Waals surface area contributed by atoms with Crippen molar-refractivity contribution in [1.29, 1.82) is 0 Å². The quantitative estimate of drug-likeness (QED) is 0.770. The van der Waals surface area contributed by atoms with Crippen LogP contribution in [0.2, 0.25) is 0 Å². The maximum absolute atomic E-state index is 5.51. The molecule has 1 aromatic rings. The molecule has 102 valence electrons. The van der Waals surface area contributed by atoms with Crippen LogP contribution in [0.15, 0.2) is 24.3 Å². The molecular formula is C15H25NO2. The van der Waals surface area contributed by atoms with E-state index in [2.05, 4.69) is 25.2 Å². The van der Waals surface area contributed by atoms with E-state index in [9.17, 15) is 0 Å². The zero-order valence-corrected chi connectivity index (χ0v) is 11.9. The largest absolute Gasteiger partial charge is 0.496 e. The summed E-state index contributed by atoms with van der Waals surface area (Å²) in [6, 6.07) is 8.47. The molecule has 0 bridgehead atoms. The lowest BCUT2D eigenvalue weighted by Crippen LogP contribution is -2.37. The molecule has 0 aromatic heterocycles. The summed E-state index contributed by atoms with van der Waals surface area (Å²) >= 11 is 0. The zero-order valence-electron chi connectivity index (χ0n) is 11.9. The second-order valence-electron chi connectivity index (χ2n) is 4.70. The summed E-state index contributed by atoms with van der Waals surface area (Å²) in [5, 5.41) is 3.54. The predicted octanol–water partition coefficient (Wildman–Crippen LogP) is 2.85. The first-order chi connectivity index (χ1) is 8.69. The standard InChI is InChI=1S/C15H25NO2/c1-5-18-11-14(12(2)3)16-10-13-8-6-7-9-15(13)17-4/h6-9,12,14,16H,5,10-11H2,1-4H3/t14-/m1/s1. The first kappa shape index (κ1) is 15.0. The highest BCUT2D eigenvalue weighted by Gasteiger charge is 2.13. The molecule has 0 saturated carbocycles. The third-order valence-corrected chi connectivity index (χ3v) is 3.05. The number of para-hydroxylation sites is 1. The zero-order chi connectivity index (χ0) is 13.4. The molecule has 0 aliphatic heterocycles. The van der Waals surface area contributed by atoms with Gasteiger partial charge in [-0.2, -0.15) is 0 Å². The van der Waals surface area contributed by atoms with Gasteiger partial charge in [0.15, 0.2) is 0 Å². The Morgan fingerprint density at radius 3 is 2.56 bits per heavy atom. The summed E-state index contributed by atoms with van der Waals surface area (Å²) in [5.41, 5.74) is 1.18. The molecule has 1 rings (SSSR count). The maximum Gasteiger partial charge on any atom is 0.123 e. The van der Waals surface area contributed by atoms with Crippen molar-refractivity contribution >= 4 is 0 Å². The van der Waals surface area contributed by atoms with Crippen LogP contribution in [0, 0.1) is 5.92 Å². The number of ether oxygens (including phenoxy) is 2. The van der Waals surface area contributed by atoms with Gasteiger partial charge in [-0.3, -0.25) is 0 Å². The Balaban J connectivity index is 2.55. The molecule has 0 fully saturated rings. The minimum Gasteiger partial charge on any atom is -0.496 e. The first-order valence-corrected chi connectivity index (χ1v) is 6.62. The van der Waals surface area contributed by atoms with Crippen molar-refractivity contribution in [1.82, 2.24) is 5.32 Å². The van der Waals surface area contributed by atoms with Crippen molar-refractivity contribution in [3.8, 4) is 5.75 Å². The minimum absolute atomic E-state index is 0.370. The van der Waals surface area contributed by atoms with E-state index in [0.717, 1.165) is 25.5 Å². The summed E-state index contributed by atoms with van der Waals surface area (Å²) < 4.78 is 10.9. The first-order valence-electron chi connectivity index (χ1n) is 6.62. The highest BCUT2D eigenvalue weighted by atomic mass is 16.5. The van der Waals surface area contributed by atoms with Crippen LogP contribution >= 0.6 is 0 Å². The van der Waals surface area contributed by atoms with Crippen LogP contribution in [-0.4, -0.2) is 26.4 Å². The molecule has 0 aliphatic rings. The highest BCUT2D eigenvalue weighted by molar-refractivity contribution is 5.33. The fourth-order valence-electron chi connectivity index (χ4n) is 1.82. The molecule has 18 heavy (non-hydrogen) atoms. The molecule has 0 unspecified atom stereocenters. The van der Waals surface area contributed by atoms with Gasteiger partial charge >= 0.3 is 0 Å². The SMILES string of the molecule is CCOC[C@@H](NCc1ccccc1OC)C(C)C. The molecule has 0 radical (unpaired) electrons. The van der Waals surface area contributed by atoms with E-state index in [-0.39, 0.29) is 0 Å². The monoisotopic (exact) mass is 251 g/mol. The van der Waals surface area contributed by atoms with Gasteiger partial charge in [0, 0.05) is 24.8 Å². The van der Waals surface area contributed by atoms with Gasteiger partial charge in [-0.25, -0.2) is 0 Å². The van der Waals surface area contributed by atoms with Gasteiger partial charge in [0.1, 0.15) is 5.75 Å². The van der Waals surface area contributed by atoms with E-state index < -0.39 is 0 Å². The number of methoxy groups -OCH3 is 1. The molecule has 0 amide bonds. The van der Waals surface area contributed by atoms with E-state index >= 15 is 0 Å². The van der Waals surface area contributed by atoms with Gasteiger partial charge in [0.25, 0.3) is 0 Å². The summed E-state index contributed by atoms with van der Waals surface area (Å²) in [4.78, 5) is 0. The average Bonchev–Trinajstić information content (AvgIpc) is 2.38. The molecule has 3 nitrogen and oxygen atoms in total. The van der Waals surface area contributed by atoms with E-state index in [1.807, 2.05) is 25.1 Å². The van der Waals surface area contributed by atoms with Crippen molar-refractivity contribution in [2.45, 2.75) is 33.4 Å². The topological polar surface area (TPSA) is 30.5 Å². The Hall–Kier alpha value is -1.06. The molecular weight excluding hydrogens is 226 g/mol. The summed E-state index contributed by atoms with van der Waals surface area (Å²) in [7, 11) is 1.71. The van der Waals surface area contributed by atoms with Gasteiger partial charge < -0.3 is 14.8 Å². The van der Waals surface area contributed by atoms with Gasteiger partial charge in [0.05, 0.1) is 13.7 Å². The van der Waals surface area contributed by atoms with E-state index in [0.29, 0.717) is 12.0 Å². The average molecular weight is 251 g/mol. The van der Waals surface area contributed by atoms with Crippen LogP contribution in [0.3, 0.4) is 0 Å². The molecule has 0 spiro atoms. The Morgan fingerprint density at radius 1 is 1.22 bits per heavy atom. The van der Waals surface area contributed by atoms with Crippen molar-refractivity contribution < 1.29 is 9.47 Å². The number of rotatable bonds is 8. The van der Waals surface area contributed by atoms with Crippen LogP contribution in [-0.2, 0) is 11.3 Å². The lowest BCUT2D eigenvalue weighted by molar-refractivity contribution is 0.107. The van der Waals surface area contributed by atoms with Crippen LogP contribution in [0.25, 0.3) is 0 Å². The Morgan fingerprint density at radius 2 is 1.94 bits per heavy atom. The summed E-state index contributed by atoms with van der Waals surface area (Å²) in [6.07, 6.45) is 0. The Labute approximate surface area is 110 Å². The second kappa shape index (κ2) is 8.11. The van der Waals surface area contributed by atoms with Crippen molar-refractivity contribution in [2.24, 2.45) is 5.92 Å². The third kappa shape index (κ3) is 4.67. The van der Waals surface area contributed by atoms with Crippen LogP contribution in [0.4, 0.5) is 0 Å². The summed E-state index contributed by atoms with van der Waals surface area (Å²) in [6.45, 7) is 8.76. The van der Waals surface area contributed by atoms with Crippen LogP contribution < -0.4 is 10.1 Å². The van der Waals surface area contributed by atoms with Crippen LogP contribution in [0.5, 0.6) is 5.75 Å². The number of hydrogen-bond donors (Lipinski definition) is 1. The third-order valence-electron chi connectivity index (χ3n) is 3.05. The molecule has 0 saturated heterocycles. The second-order valence-corrected chi connectivity index (χ2v) is 4.70. The van der Waals surface area contributed by atoms with Gasteiger partial charge in [0.2, 0.25) is 0 Å². The van der Waals surface area contributed by atoms with Gasteiger partial charge in [-0.1, -0.05) is 32.0 Å². The van der Waals surface area contributed by atoms with Crippen molar-refractivity contribution in [2.75, 3.05) is 20.3 Å². The fourth-order valence-corrected chi connectivity index (χ4v) is 1.82. The van der Waals surface area contributed by atoms with Gasteiger partial charge in [-0.05, 0) is 18.9 Å². The fraction of sp³-hybridized carbons (Fsp3) is 0.600. The van der Waals surface area contributed by atoms with Gasteiger partial charge in [-0.15, -0.1) is 0 Å². The smallest absolute Gasteiger partial charge is 0.123 e. The van der Waals surface area contributed by atoms with E-state index in [4.69, 9.17) is 9.47 Å². The highest BCUT2D eigenvalue weighted by Crippen LogP contribution is 2.17. The minimum atomic E-state index is 0.370. The Bertz CT molecular complexity index is 339. The molecule has 1 N–H and O–H groups in total. The maximum atomic E-state index is 5.51. The van der Waals surface area contributed by atoms with E-state index in [1.165, 1.54) is 5.56 Å². The van der Waals surface area contributed by atoms with E-state index in [1.54, 1.807) is 7.11 Å². The van der Waals surface area contributed by atoms with Crippen molar-refractivity contribution in [3.05, 3.63) is 29.8 Å². The number of benzene rings is 1.